The van der Waals surface area contributed by atoms with E-state index in [-0.39, 0.29) is 18.2 Å². The fourth-order valence-electron chi connectivity index (χ4n) is 5.37. The van der Waals surface area contributed by atoms with Crippen LogP contribution in [0.3, 0.4) is 0 Å². The first-order valence-corrected chi connectivity index (χ1v) is 11.8. The quantitative estimate of drug-likeness (QED) is 0.500. The highest BCUT2D eigenvalue weighted by molar-refractivity contribution is 5.89. The van der Waals surface area contributed by atoms with E-state index < -0.39 is 0 Å². The Morgan fingerprint density at radius 3 is 2.79 bits per heavy atom. The first-order chi connectivity index (χ1) is 16.2. The summed E-state index contributed by atoms with van der Waals surface area (Å²) in [4.78, 5) is 26.4. The molecule has 0 spiro atoms. The highest BCUT2D eigenvalue weighted by atomic mass is 16.5. The second kappa shape index (κ2) is 7.43. The van der Waals surface area contributed by atoms with Crippen LogP contribution in [0.4, 0.5) is 11.8 Å². The van der Waals surface area contributed by atoms with Crippen molar-refractivity contribution in [1.29, 1.82) is 0 Å². The van der Waals surface area contributed by atoms with Crippen molar-refractivity contribution < 1.29 is 9.47 Å². The van der Waals surface area contributed by atoms with Crippen LogP contribution >= 0.6 is 0 Å². The third kappa shape index (κ3) is 3.26. The molecule has 3 unspecified atom stereocenters. The number of hydrogen-bond acceptors (Lipinski definition) is 7. The number of ether oxygens (including phenoxy) is 2. The summed E-state index contributed by atoms with van der Waals surface area (Å²) in [6, 6.07) is 8.63. The van der Waals surface area contributed by atoms with Gasteiger partial charge in [-0.2, -0.15) is 9.97 Å². The first-order valence-electron chi connectivity index (χ1n) is 11.8. The molecule has 3 fully saturated rings. The molecule has 33 heavy (non-hydrogen) atoms. The van der Waals surface area contributed by atoms with Gasteiger partial charge in [-0.1, -0.05) is 12.1 Å². The van der Waals surface area contributed by atoms with E-state index in [2.05, 4.69) is 51.0 Å². The van der Waals surface area contributed by atoms with Gasteiger partial charge in [0.25, 0.3) is 0 Å². The summed E-state index contributed by atoms with van der Waals surface area (Å²) in [5.74, 6) is 2.45. The minimum atomic E-state index is 0.229. The van der Waals surface area contributed by atoms with Crippen molar-refractivity contribution in [2.24, 2.45) is 0 Å². The maximum absolute atomic E-state index is 6.04. The number of aromatic nitrogens is 5. The molecule has 0 saturated carbocycles. The van der Waals surface area contributed by atoms with Crippen LogP contribution in [-0.2, 0) is 9.47 Å². The topological polar surface area (TPSA) is 95.2 Å². The van der Waals surface area contributed by atoms with Gasteiger partial charge in [-0.25, -0.2) is 4.98 Å². The Morgan fingerprint density at radius 2 is 1.94 bits per heavy atom. The molecule has 3 atom stereocenters. The lowest BCUT2D eigenvalue weighted by Crippen LogP contribution is -2.45. The zero-order chi connectivity index (χ0) is 21.9. The number of benzene rings is 1. The van der Waals surface area contributed by atoms with Gasteiger partial charge in [0.2, 0.25) is 5.95 Å². The summed E-state index contributed by atoms with van der Waals surface area (Å²) < 4.78 is 11.7. The van der Waals surface area contributed by atoms with Gasteiger partial charge in [0.15, 0.2) is 11.5 Å². The second-order valence-electron chi connectivity index (χ2n) is 9.39. The fourth-order valence-corrected chi connectivity index (χ4v) is 5.37. The Hall–Kier alpha value is -3.17. The molecule has 0 radical (unpaired) electrons. The van der Waals surface area contributed by atoms with E-state index in [1.165, 1.54) is 5.39 Å². The number of anilines is 2. The highest BCUT2D eigenvalue weighted by Crippen LogP contribution is 2.33. The van der Waals surface area contributed by atoms with Crippen molar-refractivity contribution >= 4 is 33.8 Å². The van der Waals surface area contributed by atoms with Gasteiger partial charge >= 0.3 is 0 Å². The molecule has 3 aliphatic heterocycles. The molecule has 4 aromatic rings. The molecule has 9 heteroatoms. The molecule has 6 heterocycles. The van der Waals surface area contributed by atoms with Crippen molar-refractivity contribution in [3.63, 3.8) is 0 Å². The number of fused-ring (bicyclic) bond motifs is 4. The van der Waals surface area contributed by atoms with E-state index in [9.17, 15) is 0 Å². The molecule has 7 rings (SSSR count). The van der Waals surface area contributed by atoms with E-state index in [1.54, 1.807) is 0 Å². The number of H-pyrrole nitrogens is 2. The maximum atomic E-state index is 6.04. The predicted molar refractivity (Wildman–Crippen MR) is 127 cm³/mol. The van der Waals surface area contributed by atoms with Crippen LogP contribution in [0.2, 0.25) is 0 Å². The highest BCUT2D eigenvalue weighted by Gasteiger charge is 2.35. The molecule has 2 bridgehead atoms. The van der Waals surface area contributed by atoms with E-state index in [4.69, 9.17) is 24.4 Å². The van der Waals surface area contributed by atoms with E-state index in [0.29, 0.717) is 18.9 Å². The largest absolute Gasteiger partial charge is 0.377 e. The number of morpholine rings is 2. The smallest absolute Gasteiger partial charge is 0.229 e. The summed E-state index contributed by atoms with van der Waals surface area (Å²) in [5.41, 5.74) is 3.69. The van der Waals surface area contributed by atoms with Gasteiger partial charge in [-0.3, -0.25) is 0 Å². The predicted octanol–water partition coefficient (Wildman–Crippen LogP) is 3.09. The Labute approximate surface area is 191 Å². The number of imidazole rings is 1. The normalized spacial score (nSPS) is 25.4. The summed E-state index contributed by atoms with van der Waals surface area (Å²) in [7, 11) is 0. The lowest BCUT2D eigenvalue weighted by Gasteiger charge is -2.36. The molecule has 9 nitrogen and oxygen atoms in total. The third-order valence-corrected chi connectivity index (χ3v) is 7.11. The van der Waals surface area contributed by atoms with E-state index >= 15 is 0 Å². The second-order valence-corrected chi connectivity index (χ2v) is 9.39. The van der Waals surface area contributed by atoms with Gasteiger partial charge in [0.05, 0.1) is 31.5 Å². The Bertz CT molecular complexity index is 1320. The molecule has 0 amide bonds. The van der Waals surface area contributed by atoms with Crippen LogP contribution < -0.4 is 9.80 Å². The Morgan fingerprint density at radius 1 is 1.06 bits per heavy atom. The molecule has 2 N–H and O–H groups in total. The van der Waals surface area contributed by atoms with Crippen LogP contribution in [0, 0.1) is 0 Å². The minimum Gasteiger partial charge on any atom is -0.377 e. The van der Waals surface area contributed by atoms with Gasteiger partial charge < -0.3 is 29.2 Å². The lowest BCUT2D eigenvalue weighted by molar-refractivity contribution is 0.0299. The van der Waals surface area contributed by atoms with Gasteiger partial charge in [-0.15, -0.1) is 0 Å². The summed E-state index contributed by atoms with van der Waals surface area (Å²) in [5, 5.41) is 1.18. The monoisotopic (exact) mass is 445 g/mol. The van der Waals surface area contributed by atoms with E-state index in [0.717, 1.165) is 66.7 Å². The number of hydrogen-bond donors (Lipinski definition) is 2. The molecular formula is C24H27N7O2. The minimum absolute atomic E-state index is 0.229. The zero-order valence-corrected chi connectivity index (χ0v) is 18.6. The number of nitrogens with one attached hydrogen (secondary N) is 2. The van der Waals surface area contributed by atoms with Crippen molar-refractivity contribution in [2.75, 3.05) is 42.6 Å². The van der Waals surface area contributed by atoms with E-state index in [1.807, 2.05) is 6.20 Å². The van der Waals surface area contributed by atoms with Crippen LogP contribution in [0.25, 0.3) is 33.5 Å². The summed E-state index contributed by atoms with van der Waals surface area (Å²) in [6.45, 7) is 6.02. The third-order valence-electron chi connectivity index (χ3n) is 7.11. The van der Waals surface area contributed by atoms with Crippen molar-refractivity contribution in [3.05, 3.63) is 30.5 Å². The average molecular weight is 446 g/mol. The molecular weight excluding hydrogens is 418 g/mol. The molecule has 3 aliphatic rings. The molecule has 0 aliphatic carbocycles. The first kappa shape index (κ1) is 19.3. The number of rotatable bonds is 3. The number of aromatic amines is 2. The van der Waals surface area contributed by atoms with Crippen molar-refractivity contribution in [2.45, 2.75) is 38.0 Å². The average Bonchev–Trinajstić information content (AvgIpc) is 3.56. The molecule has 3 aromatic heterocycles. The SMILES string of the molecule is CC1COCCN1c1nc(N2CC3CCC(C2)O3)nc2nc(-c3ccc4cc[nH]c4c3)[nH]c12. The molecule has 3 saturated heterocycles. The maximum Gasteiger partial charge on any atom is 0.229 e. The van der Waals surface area contributed by atoms with Crippen molar-refractivity contribution in [3.8, 4) is 11.4 Å². The van der Waals surface area contributed by atoms with Gasteiger partial charge in [-0.05, 0) is 37.3 Å². The van der Waals surface area contributed by atoms with Crippen LogP contribution in [0.15, 0.2) is 30.5 Å². The van der Waals surface area contributed by atoms with Crippen LogP contribution in [0.1, 0.15) is 19.8 Å². The summed E-state index contributed by atoms with van der Waals surface area (Å²) >= 11 is 0. The zero-order valence-electron chi connectivity index (χ0n) is 18.6. The Balaban J connectivity index is 1.36. The van der Waals surface area contributed by atoms with Crippen molar-refractivity contribution in [1.82, 2.24) is 24.9 Å². The molecule has 170 valence electrons. The lowest BCUT2D eigenvalue weighted by atomic mass is 10.1. The summed E-state index contributed by atoms with van der Waals surface area (Å²) in [6.07, 6.45) is 4.74. The number of nitrogens with zero attached hydrogens (tertiary/aromatic N) is 5. The van der Waals surface area contributed by atoms with Crippen LogP contribution in [0.5, 0.6) is 0 Å². The van der Waals surface area contributed by atoms with Gasteiger partial charge in [0.1, 0.15) is 11.3 Å². The fraction of sp³-hybridized carbons (Fsp3) is 0.458. The van der Waals surface area contributed by atoms with Crippen LogP contribution in [-0.4, -0.2) is 76.0 Å². The molecule has 1 aromatic carbocycles. The standard InChI is InChI=1S/C24H27N7O2/c1-14-13-32-9-8-31(14)23-20-22(28-24(29-23)30-11-17-4-5-18(12-30)33-17)27-21(26-20)16-3-2-15-6-7-25-19(15)10-16/h2-3,6-7,10,14,17-18,25H,4-5,8-9,11-13H2,1H3,(H,26,27,28,29). The van der Waals surface area contributed by atoms with Gasteiger partial charge in [0, 0.05) is 36.9 Å². The Kier molecular flexibility index (Phi) is 4.35.